The van der Waals surface area contributed by atoms with Gasteiger partial charge in [-0.05, 0) is 30.5 Å². The lowest BCUT2D eigenvalue weighted by molar-refractivity contribution is 0.0962. The van der Waals surface area contributed by atoms with E-state index in [1.807, 2.05) is 25.1 Å². The Bertz CT molecular complexity index is 436. The summed E-state index contributed by atoms with van der Waals surface area (Å²) in [5.74, 6) is 0.727. The monoisotopic (exact) mass is 265 g/mol. The molecule has 0 radical (unpaired) electrons. The van der Waals surface area contributed by atoms with Crippen molar-refractivity contribution >= 4 is 17.4 Å². The van der Waals surface area contributed by atoms with Gasteiger partial charge in [0.2, 0.25) is 0 Å². The molecule has 1 saturated carbocycles. The molecule has 1 atom stereocenters. The molecule has 18 heavy (non-hydrogen) atoms. The summed E-state index contributed by atoms with van der Waals surface area (Å²) < 4.78 is 0. The second-order valence-electron chi connectivity index (χ2n) is 5.31. The van der Waals surface area contributed by atoms with E-state index in [9.17, 15) is 4.79 Å². The third kappa shape index (κ3) is 3.12. The van der Waals surface area contributed by atoms with E-state index in [0.717, 1.165) is 5.56 Å². The van der Waals surface area contributed by atoms with Crippen LogP contribution in [-0.2, 0) is 0 Å². The first-order chi connectivity index (χ1) is 8.58. The molecule has 1 aliphatic rings. The molecule has 0 saturated heterocycles. The van der Waals surface area contributed by atoms with Gasteiger partial charge in [-0.25, -0.2) is 0 Å². The molecule has 3 heteroatoms. The molecule has 0 heterocycles. The minimum atomic E-state index is -0.0542. The number of rotatable bonds is 4. The lowest BCUT2D eigenvalue weighted by Gasteiger charge is -2.11. The first-order valence-corrected chi connectivity index (χ1v) is 7.04. The summed E-state index contributed by atoms with van der Waals surface area (Å²) >= 11 is 6.18. The molecule has 2 nitrogen and oxygen atoms in total. The Morgan fingerprint density at radius 2 is 2.11 bits per heavy atom. The van der Waals surface area contributed by atoms with E-state index in [1.165, 1.54) is 25.7 Å². The van der Waals surface area contributed by atoms with Crippen LogP contribution in [0.1, 0.15) is 61.0 Å². The minimum absolute atomic E-state index is 0.0542. The summed E-state index contributed by atoms with van der Waals surface area (Å²) in [6, 6.07) is 5.48. The maximum atomic E-state index is 12.2. The van der Waals surface area contributed by atoms with Crippen LogP contribution < -0.4 is 5.73 Å². The Morgan fingerprint density at radius 1 is 1.44 bits per heavy atom. The van der Waals surface area contributed by atoms with E-state index in [1.54, 1.807) is 0 Å². The minimum Gasteiger partial charge on any atom is -0.324 e. The molecule has 98 valence electrons. The fourth-order valence-corrected chi connectivity index (χ4v) is 2.92. The van der Waals surface area contributed by atoms with E-state index >= 15 is 0 Å². The van der Waals surface area contributed by atoms with E-state index in [4.69, 9.17) is 17.3 Å². The van der Waals surface area contributed by atoms with E-state index < -0.39 is 0 Å². The van der Waals surface area contributed by atoms with Gasteiger partial charge in [-0.2, -0.15) is 0 Å². The number of ketones is 1. The first-order valence-electron chi connectivity index (χ1n) is 6.66. The van der Waals surface area contributed by atoms with Crippen molar-refractivity contribution in [1.82, 2.24) is 0 Å². The van der Waals surface area contributed by atoms with Crippen LogP contribution >= 0.6 is 11.6 Å². The highest BCUT2D eigenvalue weighted by Gasteiger charge is 2.20. The van der Waals surface area contributed by atoms with Crippen molar-refractivity contribution < 1.29 is 4.79 Å². The number of nitrogens with two attached hydrogens (primary N) is 1. The molecule has 2 rings (SSSR count). The second kappa shape index (κ2) is 5.85. The van der Waals surface area contributed by atoms with Crippen molar-refractivity contribution in [2.75, 3.05) is 0 Å². The highest BCUT2D eigenvalue weighted by atomic mass is 35.5. The maximum absolute atomic E-state index is 12.2. The van der Waals surface area contributed by atoms with Gasteiger partial charge >= 0.3 is 0 Å². The van der Waals surface area contributed by atoms with Crippen molar-refractivity contribution in [2.45, 2.75) is 45.1 Å². The highest BCUT2D eigenvalue weighted by Crippen LogP contribution is 2.30. The van der Waals surface area contributed by atoms with Gasteiger partial charge in [-0.15, -0.1) is 0 Å². The normalized spacial score (nSPS) is 17.9. The predicted molar refractivity (Wildman–Crippen MR) is 75.0 cm³/mol. The van der Waals surface area contributed by atoms with Gasteiger partial charge < -0.3 is 5.73 Å². The molecule has 0 aliphatic heterocycles. The van der Waals surface area contributed by atoms with Crippen LogP contribution in [0.3, 0.4) is 0 Å². The Labute approximate surface area is 114 Å². The van der Waals surface area contributed by atoms with Crippen molar-refractivity contribution in [3.05, 3.63) is 34.3 Å². The van der Waals surface area contributed by atoms with Crippen molar-refractivity contribution in [1.29, 1.82) is 0 Å². The molecule has 0 spiro atoms. The summed E-state index contributed by atoms with van der Waals surface area (Å²) in [6.07, 6.45) is 5.52. The Kier molecular flexibility index (Phi) is 4.41. The molecule has 1 aromatic rings. The molecule has 0 amide bonds. The fourth-order valence-electron chi connectivity index (χ4n) is 2.63. The fraction of sp³-hybridized carbons (Fsp3) is 0.533. The van der Waals surface area contributed by atoms with Crippen LogP contribution in [0.25, 0.3) is 0 Å². The van der Waals surface area contributed by atoms with Crippen LogP contribution in [0.5, 0.6) is 0 Å². The average Bonchev–Trinajstić information content (AvgIpc) is 2.81. The van der Waals surface area contributed by atoms with E-state index in [0.29, 0.717) is 22.9 Å². The SMILES string of the molecule is CC(N)c1ccc(C(=O)CC2CCCC2)c(Cl)c1. The second-order valence-corrected chi connectivity index (χ2v) is 5.71. The molecule has 2 N–H and O–H groups in total. The highest BCUT2D eigenvalue weighted by molar-refractivity contribution is 6.34. The Hall–Kier alpha value is -0.860. The third-order valence-corrected chi connectivity index (χ3v) is 4.08. The first kappa shape index (κ1) is 13.6. The average molecular weight is 266 g/mol. The van der Waals surface area contributed by atoms with E-state index in [-0.39, 0.29) is 11.8 Å². The number of halogens is 1. The Balaban J connectivity index is 2.10. The van der Waals surface area contributed by atoms with Crippen LogP contribution in [0.2, 0.25) is 5.02 Å². The Morgan fingerprint density at radius 3 is 2.67 bits per heavy atom. The summed E-state index contributed by atoms with van der Waals surface area (Å²) in [6.45, 7) is 1.91. The third-order valence-electron chi connectivity index (χ3n) is 3.77. The zero-order valence-electron chi connectivity index (χ0n) is 10.8. The van der Waals surface area contributed by atoms with Gasteiger partial charge in [0.05, 0.1) is 5.02 Å². The molecule has 1 fully saturated rings. The summed E-state index contributed by atoms with van der Waals surface area (Å²) in [4.78, 5) is 12.2. The largest absolute Gasteiger partial charge is 0.324 e. The van der Waals surface area contributed by atoms with Crippen LogP contribution in [-0.4, -0.2) is 5.78 Å². The molecular weight excluding hydrogens is 246 g/mol. The number of benzene rings is 1. The summed E-state index contributed by atoms with van der Waals surface area (Å²) in [5.41, 5.74) is 7.41. The lowest BCUT2D eigenvalue weighted by Crippen LogP contribution is -2.09. The zero-order valence-corrected chi connectivity index (χ0v) is 11.5. The molecule has 0 aromatic heterocycles. The lowest BCUT2D eigenvalue weighted by atomic mass is 9.96. The van der Waals surface area contributed by atoms with Gasteiger partial charge in [-0.1, -0.05) is 43.4 Å². The van der Waals surface area contributed by atoms with Gasteiger partial charge in [-0.3, -0.25) is 4.79 Å². The number of hydrogen-bond acceptors (Lipinski definition) is 2. The quantitative estimate of drug-likeness (QED) is 0.832. The van der Waals surface area contributed by atoms with Gasteiger partial charge in [0.25, 0.3) is 0 Å². The molecule has 1 aliphatic carbocycles. The zero-order chi connectivity index (χ0) is 13.1. The van der Waals surface area contributed by atoms with Crippen LogP contribution in [0.15, 0.2) is 18.2 Å². The number of carbonyl (C=O) groups excluding carboxylic acids is 1. The van der Waals surface area contributed by atoms with Crippen LogP contribution in [0.4, 0.5) is 0 Å². The standard InChI is InChI=1S/C15H20ClNO/c1-10(17)12-6-7-13(14(16)9-12)15(18)8-11-4-2-3-5-11/h6-7,9-11H,2-5,8,17H2,1H3. The summed E-state index contributed by atoms with van der Waals surface area (Å²) in [5, 5.41) is 0.535. The van der Waals surface area contributed by atoms with Gasteiger partial charge in [0.15, 0.2) is 5.78 Å². The van der Waals surface area contributed by atoms with Crippen LogP contribution in [0, 0.1) is 5.92 Å². The molecule has 1 aromatic carbocycles. The number of Topliss-reactive ketones (excluding diaryl/α,β-unsaturated/α-hetero) is 1. The molecular formula is C15H20ClNO. The number of carbonyl (C=O) groups is 1. The van der Waals surface area contributed by atoms with Crippen molar-refractivity contribution in [3.8, 4) is 0 Å². The van der Waals surface area contributed by atoms with E-state index in [2.05, 4.69) is 0 Å². The van der Waals surface area contributed by atoms with Gasteiger partial charge in [0.1, 0.15) is 0 Å². The molecule has 0 bridgehead atoms. The maximum Gasteiger partial charge on any atom is 0.164 e. The summed E-state index contributed by atoms with van der Waals surface area (Å²) in [7, 11) is 0. The van der Waals surface area contributed by atoms with Crippen molar-refractivity contribution in [3.63, 3.8) is 0 Å². The number of hydrogen-bond donors (Lipinski definition) is 1. The smallest absolute Gasteiger partial charge is 0.164 e. The van der Waals surface area contributed by atoms with Gasteiger partial charge in [0, 0.05) is 18.0 Å². The predicted octanol–water partition coefficient (Wildman–Crippen LogP) is 4.12. The topological polar surface area (TPSA) is 43.1 Å². The molecule has 1 unspecified atom stereocenters. The van der Waals surface area contributed by atoms with Crippen molar-refractivity contribution in [2.24, 2.45) is 11.7 Å².